The number of amides is 1. The first-order chi connectivity index (χ1) is 10.8. The van der Waals surface area contributed by atoms with Crippen LogP contribution in [0.2, 0.25) is 25.1 Å². The van der Waals surface area contributed by atoms with E-state index in [4.69, 9.17) is 62.7 Å². The summed E-state index contributed by atoms with van der Waals surface area (Å²) in [6.07, 6.45) is 0. The van der Waals surface area contributed by atoms with Crippen molar-refractivity contribution < 1.29 is 9.53 Å². The summed E-state index contributed by atoms with van der Waals surface area (Å²) >= 11 is 29.8. The molecule has 0 aliphatic rings. The highest BCUT2D eigenvalue weighted by Crippen LogP contribution is 2.42. The Morgan fingerprint density at radius 1 is 1.00 bits per heavy atom. The minimum absolute atomic E-state index is 0.0512. The monoisotopic (exact) mass is 411 g/mol. The van der Waals surface area contributed by atoms with Crippen LogP contribution in [0, 0.1) is 6.92 Å². The van der Waals surface area contributed by atoms with Crippen LogP contribution >= 0.6 is 58.0 Å². The van der Waals surface area contributed by atoms with Gasteiger partial charge in [-0.25, -0.2) is 0 Å². The summed E-state index contributed by atoms with van der Waals surface area (Å²) in [7, 11) is 0. The number of benzene rings is 2. The highest BCUT2D eigenvalue weighted by atomic mass is 35.5. The number of hydrogen-bond acceptors (Lipinski definition) is 2. The van der Waals surface area contributed by atoms with Crippen LogP contribution in [0.3, 0.4) is 0 Å². The van der Waals surface area contributed by atoms with E-state index in [1.54, 1.807) is 18.2 Å². The van der Waals surface area contributed by atoms with E-state index in [0.717, 1.165) is 5.56 Å². The first kappa shape index (κ1) is 18.5. The first-order valence-electron chi connectivity index (χ1n) is 6.31. The molecule has 2 aromatic rings. The number of carbonyl (C=O) groups is 1. The number of aryl methyl sites for hydroxylation is 1. The van der Waals surface area contributed by atoms with Crippen LogP contribution in [0.1, 0.15) is 5.56 Å². The number of rotatable bonds is 4. The lowest BCUT2D eigenvalue weighted by molar-refractivity contribution is -0.118. The summed E-state index contributed by atoms with van der Waals surface area (Å²) < 4.78 is 5.34. The summed E-state index contributed by atoms with van der Waals surface area (Å²) in [5.41, 5.74) is 1.47. The lowest BCUT2D eigenvalue weighted by Crippen LogP contribution is -2.20. The average molecular weight is 414 g/mol. The molecular weight excluding hydrogens is 403 g/mol. The Balaban J connectivity index is 2.05. The molecule has 0 aromatic heterocycles. The van der Waals surface area contributed by atoms with Gasteiger partial charge in [-0.05, 0) is 30.7 Å². The van der Waals surface area contributed by atoms with Gasteiger partial charge in [0.1, 0.15) is 5.02 Å². The van der Waals surface area contributed by atoms with Crippen molar-refractivity contribution in [1.29, 1.82) is 0 Å². The third-order valence-electron chi connectivity index (χ3n) is 2.88. The zero-order valence-electron chi connectivity index (χ0n) is 11.7. The van der Waals surface area contributed by atoms with Gasteiger partial charge in [-0.1, -0.05) is 64.1 Å². The van der Waals surface area contributed by atoms with Crippen LogP contribution in [0.15, 0.2) is 24.3 Å². The van der Waals surface area contributed by atoms with E-state index in [1.165, 1.54) is 6.07 Å². The summed E-state index contributed by atoms with van der Waals surface area (Å²) in [5.74, 6) is -0.303. The number of anilines is 1. The molecule has 8 heteroatoms. The molecule has 3 nitrogen and oxygen atoms in total. The molecule has 0 saturated heterocycles. The molecule has 0 heterocycles. The van der Waals surface area contributed by atoms with Crippen LogP contribution in [-0.4, -0.2) is 12.5 Å². The van der Waals surface area contributed by atoms with E-state index in [-0.39, 0.29) is 32.4 Å². The van der Waals surface area contributed by atoms with Gasteiger partial charge in [-0.15, -0.1) is 0 Å². The topological polar surface area (TPSA) is 38.3 Å². The van der Waals surface area contributed by atoms with E-state index in [1.807, 2.05) is 6.92 Å². The average Bonchev–Trinajstić information content (AvgIpc) is 2.48. The zero-order chi connectivity index (χ0) is 17.1. The number of hydrogen-bond donors (Lipinski definition) is 1. The molecule has 0 saturated carbocycles. The van der Waals surface area contributed by atoms with E-state index < -0.39 is 5.91 Å². The van der Waals surface area contributed by atoms with Gasteiger partial charge in [0.05, 0.1) is 15.1 Å². The van der Waals surface area contributed by atoms with Gasteiger partial charge in [-0.2, -0.15) is 0 Å². The summed E-state index contributed by atoms with van der Waals surface area (Å²) in [4.78, 5) is 11.9. The van der Waals surface area contributed by atoms with E-state index >= 15 is 0 Å². The molecule has 2 aromatic carbocycles. The van der Waals surface area contributed by atoms with Crippen molar-refractivity contribution in [3.05, 3.63) is 54.9 Å². The van der Waals surface area contributed by atoms with Gasteiger partial charge in [0.25, 0.3) is 5.91 Å². The number of carbonyl (C=O) groups excluding carboxylic acids is 1. The maximum atomic E-state index is 11.9. The summed E-state index contributed by atoms with van der Waals surface area (Å²) in [6, 6.07) is 6.57. The van der Waals surface area contributed by atoms with Crippen molar-refractivity contribution in [3.8, 4) is 5.75 Å². The minimum Gasteiger partial charge on any atom is -0.481 e. The second-order valence-electron chi connectivity index (χ2n) is 4.60. The fraction of sp³-hybridized carbons (Fsp3) is 0.133. The van der Waals surface area contributed by atoms with Gasteiger partial charge in [0.15, 0.2) is 12.4 Å². The Bertz CT molecular complexity index is 764. The molecule has 0 aliphatic carbocycles. The Morgan fingerprint density at radius 3 is 2.35 bits per heavy atom. The highest BCUT2D eigenvalue weighted by molar-refractivity contribution is 6.50. The summed E-state index contributed by atoms with van der Waals surface area (Å²) in [5, 5.41) is 3.73. The standard InChI is InChI=1S/C15H10Cl5NO2/c1-7-2-3-8(4-9(7)16)21-12(22)6-23-15-11(18)5-10(17)13(19)14(15)20/h2-5H,6H2,1H3,(H,21,22). The maximum Gasteiger partial charge on any atom is 0.262 e. The fourth-order valence-electron chi connectivity index (χ4n) is 1.69. The molecule has 122 valence electrons. The zero-order valence-corrected chi connectivity index (χ0v) is 15.5. The van der Waals surface area contributed by atoms with Crippen molar-refractivity contribution >= 4 is 69.6 Å². The van der Waals surface area contributed by atoms with Gasteiger partial charge < -0.3 is 10.1 Å². The van der Waals surface area contributed by atoms with Crippen molar-refractivity contribution in [3.63, 3.8) is 0 Å². The van der Waals surface area contributed by atoms with Crippen LogP contribution in [0.5, 0.6) is 5.75 Å². The second kappa shape index (κ2) is 7.82. The molecule has 23 heavy (non-hydrogen) atoms. The van der Waals surface area contributed by atoms with Crippen molar-refractivity contribution in [2.24, 2.45) is 0 Å². The Morgan fingerprint density at radius 2 is 1.70 bits per heavy atom. The molecule has 0 aliphatic heterocycles. The van der Waals surface area contributed by atoms with Crippen LogP contribution in [-0.2, 0) is 4.79 Å². The number of nitrogens with one attached hydrogen (secondary N) is 1. The van der Waals surface area contributed by atoms with Gasteiger partial charge in [0, 0.05) is 10.7 Å². The van der Waals surface area contributed by atoms with Gasteiger partial charge in [-0.3, -0.25) is 4.79 Å². The smallest absolute Gasteiger partial charge is 0.262 e. The normalized spacial score (nSPS) is 10.5. The quantitative estimate of drug-likeness (QED) is 0.473. The fourth-order valence-corrected chi connectivity index (χ4v) is 2.88. The van der Waals surface area contributed by atoms with Crippen LogP contribution < -0.4 is 10.1 Å². The van der Waals surface area contributed by atoms with Crippen molar-refractivity contribution in [2.45, 2.75) is 6.92 Å². The molecule has 0 spiro atoms. The van der Waals surface area contributed by atoms with Gasteiger partial charge >= 0.3 is 0 Å². The molecule has 0 fully saturated rings. The van der Waals surface area contributed by atoms with Crippen LogP contribution in [0.4, 0.5) is 5.69 Å². The number of ether oxygens (including phenoxy) is 1. The second-order valence-corrected chi connectivity index (χ2v) is 6.58. The largest absolute Gasteiger partial charge is 0.481 e. The molecule has 1 N–H and O–H groups in total. The Hall–Kier alpha value is -0.840. The maximum absolute atomic E-state index is 11.9. The predicted molar refractivity (Wildman–Crippen MR) is 96.8 cm³/mol. The van der Waals surface area contributed by atoms with Crippen LogP contribution in [0.25, 0.3) is 0 Å². The van der Waals surface area contributed by atoms with Gasteiger partial charge in [0.2, 0.25) is 0 Å². The SMILES string of the molecule is Cc1ccc(NC(=O)COc2c(Cl)cc(Cl)c(Cl)c2Cl)cc1Cl. The highest BCUT2D eigenvalue weighted by Gasteiger charge is 2.16. The molecule has 2 rings (SSSR count). The van der Waals surface area contributed by atoms with E-state index in [2.05, 4.69) is 5.32 Å². The lowest BCUT2D eigenvalue weighted by atomic mass is 10.2. The molecule has 0 atom stereocenters. The molecule has 0 radical (unpaired) electrons. The lowest BCUT2D eigenvalue weighted by Gasteiger charge is -2.12. The summed E-state index contributed by atoms with van der Waals surface area (Å²) in [6.45, 7) is 1.56. The third kappa shape index (κ3) is 4.59. The molecule has 0 bridgehead atoms. The Labute approximate surface area is 158 Å². The molecule has 1 amide bonds. The Kier molecular flexibility index (Phi) is 6.29. The van der Waals surface area contributed by atoms with Crippen molar-refractivity contribution in [2.75, 3.05) is 11.9 Å². The first-order valence-corrected chi connectivity index (χ1v) is 8.20. The van der Waals surface area contributed by atoms with E-state index in [0.29, 0.717) is 10.7 Å². The molecule has 0 unspecified atom stereocenters. The molecular formula is C15H10Cl5NO2. The number of halogens is 5. The predicted octanol–water partition coefficient (Wildman–Crippen LogP) is 6.28. The van der Waals surface area contributed by atoms with E-state index in [9.17, 15) is 4.79 Å². The minimum atomic E-state index is -0.400. The third-order valence-corrected chi connectivity index (χ3v) is 4.81. The van der Waals surface area contributed by atoms with Crippen molar-refractivity contribution in [1.82, 2.24) is 0 Å².